The number of hydrogen-bond acceptors (Lipinski definition) is 2. The predicted molar refractivity (Wildman–Crippen MR) is 331 cm³/mol. The zero-order valence-electron chi connectivity index (χ0n) is 43.4. The molecule has 79 heavy (non-hydrogen) atoms. The van der Waals surface area contributed by atoms with Crippen LogP contribution in [0.15, 0.2) is 315 Å². The summed E-state index contributed by atoms with van der Waals surface area (Å²) in [6.07, 6.45) is 0. The monoisotopic (exact) mass is 1000 g/mol. The fraction of sp³-hybridized carbons (Fsp3) is 0.0130. The van der Waals surface area contributed by atoms with Crippen LogP contribution in [-0.2, 0) is 5.41 Å². The molecule has 13 aromatic rings. The molecule has 2 aliphatic rings. The van der Waals surface area contributed by atoms with E-state index in [0.29, 0.717) is 0 Å². The molecule has 0 heterocycles. The quantitative estimate of drug-likeness (QED) is 0.135. The summed E-state index contributed by atoms with van der Waals surface area (Å²) in [6.45, 7) is 0. The predicted octanol–water partition coefficient (Wildman–Crippen LogP) is 20.8. The first-order chi connectivity index (χ1) is 39.2. The molecule has 2 aliphatic carbocycles. The summed E-state index contributed by atoms with van der Waals surface area (Å²) in [5.74, 6) is 0. The van der Waals surface area contributed by atoms with Gasteiger partial charge >= 0.3 is 0 Å². The van der Waals surface area contributed by atoms with E-state index in [1.165, 1.54) is 88.7 Å². The first kappa shape index (κ1) is 46.1. The number of hydrogen-bond donors (Lipinski definition) is 0. The molecule has 0 amide bonds. The minimum Gasteiger partial charge on any atom is -0.310 e. The summed E-state index contributed by atoms with van der Waals surface area (Å²) in [7, 11) is 0. The molecular formula is C77H52N2. The van der Waals surface area contributed by atoms with Gasteiger partial charge in [-0.15, -0.1) is 0 Å². The molecule has 2 heteroatoms. The van der Waals surface area contributed by atoms with Crippen LogP contribution in [0, 0.1) is 0 Å². The molecule has 2 nitrogen and oxygen atoms in total. The average Bonchev–Trinajstić information content (AvgIpc) is 3.86. The molecule has 0 saturated heterocycles. The van der Waals surface area contributed by atoms with Crippen molar-refractivity contribution in [3.63, 3.8) is 0 Å². The van der Waals surface area contributed by atoms with Crippen LogP contribution in [0.25, 0.3) is 77.5 Å². The van der Waals surface area contributed by atoms with Gasteiger partial charge in [0.1, 0.15) is 0 Å². The van der Waals surface area contributed by atoms with Gasteiger partial charge in [-0.05, 0) is 149 Å². The van der Waals surface area contributed by atoms with Crippen molar-refractivity contribution in [2.75, 3.05) is 9.80 Å². The number of anilines is 6. The second-order valence-electron chi connectivity index (χ2n) is 20.7. The molecular weight excluding hydrogens is 953 g/mol. The third-order valence-corrected chi connectivity index (χ3v) is 16.5. The number of nitrogens with zero attached hydrogens (tertiary/aromatic N) is 2. The summed E-state index contributed by atoms with van der Waals surface area (Å²) in [4.78, 5) is 4.96. The molecule has 0 N–H and O–H groups in total. The maximum Gasteiger partial charge on any atom is 0.0727 e. The van der Waals surface area contributed by atoms with E-state index in [2.05, 4.69) is 325 Å². The lowest BCUT2D eigenvalue weighted by atomic mass is 9.70. The minimum atomic E-state index is -0.645. The van der Waals surface area contributed by atoms with E-state index in [1.54, 1.807) is 0 Å². The van der Waals surface area contributed by atoms with Gasteiger partial charge in [0.2, 0.25) is 0 Å². The fourth-order valence-electron chi connectivity index (χ4n) is 13.0. The van der Waals surface area contributed by atoms with Crippen molar-refractivity contribution in [3.8, 4) is 66.8 Å². The molecule has 1 unspecified atom stereocenters. The van der Waals surface area contributed by atoms with Crippen LogP contribution in [0.3, 0.4) is 0 Å². The van der Waals surface area contributed by atoms with Crippen LogP contribution in [0.5, 0.6) is 0 Å². The maximum absolute atomic E-state index is 2.52. The Morgan fingerprint density at radius 2 is 0.608 bits per heavy atom. The minimum absolute atomic E-state index is 0.645. The third kappa shape index (κ3) is 7.56. The normalized spacial score (nSPS) is 13.6. The highest BCUT2D eigenvalue weighted by atomic mass is 15.2. The maximum atomic E-state index is 2.52. The molecule has 13 aromatic carbocycles. The van der Waals surface area contributed by atoms with Gasteiger partial charge in [-0.3, -0.25) is 0 Å². The first-order valence-electron chi connectivity index (χ1n) is 27.3. The van der Waals surface area contributed by atoms with E-state index in [9.17, 15) is 0 Å². The topological polar surface area (TPSA) is 6.48 Å². The van der Waals surface area contributed by atoms with Gasteiger partial charge in [0.25, 0.3) is 0 Å². The van der Waals surface area contributed by atoms with Crippen molar-refractivity contribution in [2.24, 2.45) is 0 Å². The largest absolute Gasteiger partial charge is 0.310 e. The molecule has 1 spiro atoms. The Morgan fingerprint density at radius 3 is 1.19 bits per heavy atom. The highest BCUT2D eigenvalue weighted by molar-refractivity contribution is 6.06. The summed E-state index contributed by atoms with van der Waals surface area (Å²) >= 11 is 0. The molecule has 15 rings (SSSR count). The highest BCUT2D eigenvalue weighted by Crippen LogP contribution is 2.64. The number of fused-ring (bicyclic) bond motifs is 11. The molecule has 0 bridgehead atoms. The van der Waals surface area contributed by atoms with E-state index in [1.807, 2.05) is 0 Å². The lowest BCUT2D eigenvalue weighted by molar-refractivity contribution is 0.793. The van der Waals surface area contributed by atoms with Gasteiger partial charge in [0, 0.05) is 33.9 Å². The van der Waals surface area contributed by atoms with E-state index < -0.39 is 5.41 Å². The Kier molecular flexibility index (Phi) is 11.1. The van der Waals surface area contributed by atoms with Gasteiger partial charge in [-0.1, -0.05) is 255 Å². The molecule has 0 radical (unpaired) electrons. The van der Waals surface area contributed by atoms with E-state index in [0.717, 1.165) is 45.3 Å². The molecule has 1 atom stereocenters. The average molecular weight is 1010 g/mol. The second-order valence-corrected chi connectivity index (χ2v) is 20.7. The van der Waals surface area contributed by atoms with Crippen molar-refractivity contribution in [2.45, 2.75) is 5.41 Å². The Morgan fingerprint density at radius 1 is 0.215 bits per heavy atom. The van der Waals surface area contributed by atoms with Crippen LogP contribution in [0.4, 0.5) is 34.1 Å². The van der Waals surface area contributed by atoms with Crippen molar-refractivity contribution in [3.05, 3.63) is 338 Å². The Hall–Kier alpha value is -10.3. The van der Waals surface area contributed by atoms with Gasteiger partial charge < -0.3 is 9.80 Å². The molecule has 370 valence electrons. The Labute approximate surface area is 462 Å². The lowest BCUT2D eigenvalue weighted by Crippen LogP contribution is -2.26. The van der Waals surface area contributed by atoms with Crippen LogP contribution in [-0.4, -0.2) is 0 Å². The van der Waals surface area contributed by atoms with Crippen LogP contribution in [0.1, 0.15) is 22.3 Å². The fourth-order valence-corrected chi connectivity index (χ4v) is 13.0. The molecule has 0 saturated carbocycles. The van der Waals surface area contributed by atoms with Crippen molar-refractivity contribution >= 4 is 44.9 Å². The zero-order valence-corrected chi connectivity index (χ0v) is 43.4. The Bertz CT molecular complexity index is 4380. The molecule has 0 aliphatic heterocycles. The Balaban J connectivity index is 0.956. The smallest absolute Gasteiger partial charge is 0.0727 e. The SMILES string of the molecule is c1ccc(-c2ccc(-c3c(N(c4ccccc4)c4ccc5c(c4)C4(c6ccccc6-c6ccc(N(c7ccc(-c8ccccc8)cc7)c7ccccc7-c7ccccc7)cc64)c4ccccc4-5)ccc4ccccc34)cc2)cc1. The van der Waals surface area contributed by atoms with Crippen LogP contribution >= 0.6 is 0 Å². The van der Waals surface area contributed by atoms with E-state index in [4.69, 9.17) is 0 Å². The number of para-hydroxylation sites is 2. The van der Waals surface area contributed by atoms with Gasteiger partial charge in [-0.2, -0.15) is 0 Å². The van der Waals surface area contributed by atoms with Crippen molar-refractivity contribution < 1.29 is 0 Å². The van der Waals surface area contributed by atoms with E-state index >= 15 is 0 Å². The van der Waals surface area contributed by atoms with Gasteiger partial charge in [0.15, 0.2) is 0 Å². The van der Waals surface area contributed by atoms with Gasteiger partial charge in [-0.25, -0.2) is 0 Å². The summed E-state index contributed by atoms with van der Waals surface area (Å²) < 4.78 is 0. The van der Waals surface area contributed by atoms with Crippen LogP contribution < -0.4 is 9.80 Å². The molecule has 0 fully saturated rings. The standard InChI is InChI=1S/C77H52N2/c1-5-21-53(22-6-1)55-37-39-59(40-38-55)76-65-31-14-13-27-58(65)43-50-75(76)79(60-28-11-4-12-29-60)63-47-49-69-67-33-16-19-35-71(67)77(73(69)52-63)70-34-18-15-32-66(70)68-48-46-62(51-72(68)77)78(61-44-41-56(42-45-61)54-23-7-2-8-24-54)74-36-20-17-30-64(74)57-25-9-3-10-26-57/h1-52H. The number of benzene rings is 13. The lowest BCUT2D eigenvalue weighted by Gasteiger charge is -2.34. The summed E-state index contributed by atoms with van der Waals surface area (Å²) in [5, 5.41) is 2.41. The zero-order chi connectivity index (χ0) is 52.3. The van der Waals surface area contributed by atoms with Crippen molar-refractivity contribution in [1.29, 1.82) is 0 Å². The summed E-state index contributed by atoms with van der Waals surface area (Å²) in [6, 6.07) is 116. The van der Waals surface area contributed by atoms with E-state index in [-0.39, 0.29) is 0 Å². The van der Waals surface area contributed by atoms with Crippen molar-refractivity contribution in [1.82, 2.24) is 0 Å². The highest BCUT2D eigenvalue weighted by Gasteiger charge is 2.52. The second kappa shape index (κ2) is 19.1. The summed E-state index contributed by atoms with van der Waals surface area (Å²) in [5.41, 5.74) is 25.5. The molecule has 0 aromatic heterocycles. The van der Waals surface area contributed by atoms with Gasteiger partial charge in [0.05, 0.1) is 16.8 Å². The third-order valence-electron chi connectivity index (χ3n) is 16.5. The number of rotatable bonds is 10. The first-order valence-corrected chi connectivity index (χ1v) is 27.3. The van der Waals surface area contributed by atoms with Crippen LogP contribution in [0.2, 0.25) is 0 Å².